The fourth-order valence-electron chi connectivity index (χ4n) is 1.84. The molecule has 0 saturated heterocycles. The molecule has 20 heavy (non-hydrogen) atoms. The van der Waals surface area contributed by atoms with Crippen LogP contribution in [-0.2, 0) is 6.18 Å². The molecule has 0 radical (unpaired) electrons. The lowest BCUT2D eigenvalue weighted by atomic mass is 10.2. The fourth-order valence-corrected chi connectivity index (χ4v) is 1.84. The average Bonchev–Trinajstić information content (AvgIpc) is 2.39. The molecule has 0 bridgehead atoms. The number of nitrogens with two attached hydrogens (primary N) is 1. The zero-order valence-electron chi connectivity index (χ0n) is 11.8. The van der Waals surface area contributed by atoms with Gasteiger partial charge in [0.15, 0.2) is 0 Å². The van der Waals surface area contributed by atoms with Gasteiger partial charge in [-0.3, -0.25) is 0 Å². The lowest BCUT2D eigenvalue weighted by molar-refractivity contribution is -0.137. The molecule has 4 nitrogen and oxygen atoms in total. The van der Waals surface area contributed by atoms with E-state index < -0.39 is 11.7 Å². The van der Waals surface area contributed by atoms with E-state index in [9.17, 15) is 13.2 Å². The van der Waals surface area contributed by atoms with Gasteiger partial charge in [-0.1, -0.05) is 13.8 Å². The minimum absolute atomic E-state index is 0.0841. The molecule has 7 heteroatoms. The largest absolute Gasteiger partial charge is 0.417 e. The van der Waals surface area contributed by atoms with E-state index in [-0.39, 0.29) is 11.5 Å². The zero-order chi connectivity index (χ0) is 15.2. The molecule has 0 spiro atoms. The van der Waals surface area contributed by atoms with Gasteiger partial charge >= 0.3 is 6.18 Å². The van der Waals surface area contributed by atoms with Crippen LogP contribution in [0.5, 0.6) is 0 Å². The number of pyridine rings is 1. The van der Waals surface area contributed by atoms with Crippen molar-refractivity contribution >= 4 is 11.5 Å². The van der Waals surface area contributed by atoms with Crippen LogP contribution >= 0.6 is 0 Å². The molecule has 0 aliphatic rings. The highest BCUT2D eigenvalue weighted by Crippen LogP contribution is 2.31. The molecule has 0 aliphatic carbocycles. The minimum atomic E-state index is -4.40. The Morgan fingerprint density at radius 1 is 1.30 bits per heavy atom. The summed E-state index contributed by atoms with van der Waals surface area (Å²) >= 11 is 0. The van der Waals surface area contributed by atoms with Gasteiger partial charge in [-0.2, -0.15) is 13.2 Å². The van der Waals surface area contributed by atoms with Crippen molar-refractivity contribution in [2.45, 2.75) is 26.4 Å². The highest BCUT2D eigenvalue weighted by atomic mass is 19.4. The molecule has 1 aromatic rings. The van der Waals surface area contributed by atoms with Gasteiger partial charge in [-0.05, 0) is 32.1 Å². The summed E-state index contributed by atoms with van der Waals surface area (Å²) in [6.07, 6.45) is -2.83. The molecule has 0 amide bonds. The highest BCUT2D eigenvalue weighted by Gasteiger charge is 2.31. The third kappa shape index (κ3) is 4.88. The topological polar surface area (TPSA) is 54.2 Å². The van der Waals surface area contributed by atoms with E-state index in [0.717, 1.165) is 38.3 Å². The Labute approximate surface area is 117 Å². The number of nitrogen functional groups attached to an aromatic ring is 1. The first-order chi connectivity index (χ1) is 9.38. The van der Waals surface area contributed by atoms with Crippen LogP contribution in [0.15, 0.2) is 12.3 Å². The average molecular weight is 290 g/mol. The maximum atomic E-state index is 12.6. The Balaban J connectivity index is 2.55. The molecular formula is C13H21F3N4. The van der Waals surface area contributed by atoms with Crippen LogP contribution < -0.4 is 11.1 Å². The number of alkyl halides is 3. The van der Waals surface area contributed by atoms with Crippen LogP contribution in [0.25, 0.3) is 0 Å². The molecular weight excluding hydrogens is 269 g/mol. The number of anilines is 2. The van der Waals surface area contributed by atoms with Crippen LogP contribution in [0.4, 0.5) is 24.7 Å². The van der Waals surface area contributed by atoms with Crippen LogP contribution in [0, 0.1) is 0 Å². The van der Waals surface area contributed by atoms with Crippen molar-refractivity contribution in [3.05, 3.63) is 17.8 Å². The van der Waals surface area contributed by atoms with Gasteiger partial charge in [0, 0.05) is 12.7 Å². The van der Waals surface area contributed by atoms with Gasteiger partial charge in [0.05, 0.1) is 11.3 Å². The molecule has 0 saturated carbocycles. The number of hydrogen-bond acceptors (Lipinski definition) is 4. The van der Waals surface area contributed by atoms with Crippen molar-refractivity contribution in [1.82, 2.24) is 9.88 Å². The summed E-state index contributed by atoms with van der Waals surface area (Å²) in [4.78, 5) is 5.82. The monoisotopic (exact) mass is 290 g/mol. The van der Waals surface area contributed by atoms with Gasteiger partial charge in [0.1, 0.15) is 5.82 Å². The van der Waals surface area contributed by atoms with E-state index in [1.165, 1.54) is 0 Å². The molecule has 1 rings (SSSR count). The molecule has 0 unspecified atom stereocenters. The Kier molecular flexibility index (Phi) is 6.06. The lowest BCUT2D eigenvalue weighted by Gasteiger charge is -2.18. The molecule has 0 atom stereocenters. The Morgan fingerprint density at radius 3 is 2.50 bits per heavy atom. The van der Waals surface area contributed by atoms with Crippen molar-refractivity contribution in [1.29, 1.82) is 0 Å². The molecule has 3 N–H and O–H groups in total. The van der Waals surface area contributed by atoms with E-state index in [2.05, 4.69) is 29.0 Å². The van der Waals surface area contributed by atoms with E-state index >= 15 is 0 Å². The second-order valence-electron chi connectivity index (χ2n) is 4.46. The lowest BCUT2D eigenvalue weighted by Crippen LogP contribution is -2.25. The van der Waals surface area contributed by atoms with Crippen LogP contribution in [0.3, 0.4) is 0 Å². The Bertz CT molecular complexity index is 417. The SMILES string of the molecule is CCN(CC)CCCNc1cc(C(F)(F)F)cnc1N. The standard InChI is InChI=1S/C13H21F3N4/c1-3-20(4-2)7-5-6-18-11-8-10(13(14,15)16)9-19-12(11)17/h8-9,18H,3-7H2,1-2H3,(H2,17,19). The summed E-state index contributed by atoms with van der Waals surface area (Å²) in [6.45, 7) is 7.53. The first-order valence-electron chi connectivity index (χ1n) is 6.67. The maximum Gasteiger partial charge on any atom is 0.417 e. The molecule has 1 aromatic heterocycles. The number of hydrogen-bond donors (Lipinski definition) is 2. The zero-order valence-corrected chi connectivity index (χ0v) is 11.8. The Hall–Kier alpha value is -1.50. The normalized spacial score (nSPS) is 11.9. The number of nitrogens with zero attached hydrogens (tertiary/aromatic N) is 2. The van der Waals surface area contributed by atoms with Crippen LogP contribution in [-0.4, -0.2) is 36.1 Å². The van der Waals surface area contributed by atoms with Crippen molar-refractivity contribution in [2.75, 3.05) is 37.2 Å². The van der Waals surface area contributed by atoms with Crippen molar-refractivity contribution in [3.63, 3.8) is 0 Å². The number of rotatable bonds is 7. The number of nitrogens with one attached hydrogen (secondary N) is 1. The van der Waals surface area contributed by atoms with E-state index in [0.29, 0.717) is 6.54 Å². The summed E-state index contributed by atoms with van der Waals surface area (Å²) in [5, 5.41) is 2.91. The van der Waals surface area contributed by atoms with Crippen LogP contribution in [0.2, 0.25) is 0 Å². The predicted octanol–water partition coefficient (Wildman–Crippen LogP) is 2.83. The van der Waals surface area contributed by atoms with Crippen LogP contribution in [0.1, 0.15) is 25.8 Å². The minimum Gasteiger partial charge on any atom is -0.382 e. The quantitative estimate of drug-likeness (QED) is 0.758. The summed E-state index contributed by atoms with van der Waals surface area (Å²) in [7, 11) is 0. The molecule has 0 aliphatic heterocycles. The summed E-state index contributed by atoms with van der Waals surface area (Å²) < 4.78 is 37.7. The Morgan fingerprint density at radius 2 is 1.95 bits per heavy atom. The third-order valence-corrected chi connectivity index (χ3v) is 3.11. The van der Waals surface area contributed by atoms with Gasteiger partial charge in [0.25, 0.3) is 0 Å². The van der Waals surface area contributed by atoms with E-state index in [1.54, 1.807) is 0 Å². The first kappa shape index (κ1) is 16.6. The molecule has 0 aromatic carbocycles. The van der Waals surface area contributed by atoms with Gasteiger partial charge in [-0.25, -0.2) is 4.98 Å². The molecule has 1 heterocycles. The second-order valence-corrected chi connectivity index (χ2v) is 4.46. The van der Waals surface area contributed by atoms with E-state index in [4.69, 9.17) is 5.73 Å². The van der Waals surface area contributed by atoms with E-state index in [1.807, 2.05) is 0 Å². The van der Waals surface area contributed by atoms with Gasteiger partial charge < -0.3 is 16.0 Å². The summed E-state index contributed by atoms with van der Waals surface area (Å²) in [6, 6.07) is 1.000. The summed E-state index contributed by atoms with van der Waals surface area (Å²) in [5.41, 5.74) is 5.02. The van der Waals surface area contributed by atoms with Gasteiger partial charge in [0.2, 0.25) is 0 Å². The number of halogens is 3. The smallest absolute Gasteiger partial charge is 0.382 e. The second kappa shape index (κ2) is 7.33. The molecule has 114 valence electrons. The molecule has 0 fully saturated rings. The fraction of sp³-hybridized carbons (Fsp3) is 0.615. The number of aromatic nitrogens is 1. The highest BCUT2D eigenvalue weighted by molar-refractivity contribution is 5.62. The maximum absolute atomic E-state index is 12.6. The predicted molar refractivity (Wildman–Crippen MR) is 74.5 cm³/mol. The summed E-state index contributed by atoms with van der Waals surface area (Å²) in [5.74, 6) is 0.0841. The van der Waals surface area contributed by atoms with Crippen molar-refractivity contribution in [2.24, 2.45) is 0 Å². The van der Waals surface area contributed by atoms with Gasteiger partial charge in [-0.15, -0.1) is 0 Å². The third-order valence-electron chi connectivity index (χ3n) is 3.11. The van der Waals surface area contributed by atoms with Crippen molar-refractivity contribution in [3.8, 4) is 0 Å². The van der Waals surface area contributed by atoms with Crippen molar-refractivity contribution < 1.29 is 13.2 Å². The first-order valence-corrected chi connectivity index (χ1v) is 6.67.